The summed E-state index contributed by atoms with van der Waals surface area (Å²) in [6.45, 7) is 12.5. The van der Waals surface area contributed by atoms with Crippen molar-refractivity contribution in [1.82, 2.24) is 10.2 Å². The van der Waals surface area contributed by atoms with E-state index in [2.05, 4.69) is 31.0 Å². The largest absolute Gasteiger partial charge is 0.383 e. The molecule has 1 aliphatic heterocycles. The first-order valence-electron chi connectivity index (χ1n) is 7.46. The summed E-state index contributed by atoms with van der Waals surface area (Å²) in [7, 11) is 1.76. The van der Waals surface area contributed by atoms with Crippen molar-refractivity contribution in [2.24, 2.45) is 5.41 Å². The van der Waals surface area contributed by atoms with Crippen molar-refractivity contribution in [2.75, 3.05) is 39.9 Å². The molecule has 3 nitrogen and oxygen atoms in total. The van der Waals surface area contributed by atoms with E-state index in [-0.39, 0.29) is 0 Å². The van der Waals surface area contributed by atoms with Gasteiger partial charge >= 0.3 is 0 Å². The fourth-order valence-corrected chi connectivity index (χ4v) is 2.68. The van der Waals surface area contributed by atoms with Crippen LogP contribution < -0.4 is 5.32 Å². The van der Waals surface area contributed by atoms with Crippen LogP contribution in [0, 0.1) is 5.41 Å². The first-order chi connectivity index (χ1) is 8.53. The molecule has 108 valence electrons. The van der Waals surface area contributed by atoms with Gasteiger partial charge in [-0.3, -0.25) is 4.90 Å². The Morgan fingerprint density at radius 2 is 2.11 bits per heavy atom. The zero-order valence-corrected chi connectivity index (χ0v) is 12.8. The molecule has 0 aromatic rings. The highest BCUT2D eigenvalue weighted by atomic mass is 16.5. The summed E-state index contributed by atoms with van der Waals surface area (Å²) in [5, 5.41) is 3.50. The van der Waals surface area contributed by atoms with Crippen molar-refractivity contribution in [3.8, 4) is 0 Å². The van der Waals surface area contributed by atoms with Crippen molar-refractivity contribution in [1.29, 1.82) is 0 Å². The zero-order valence-electron chi connectivity index (χ0n) is 12.8. The molecule has 0 amide bonds. The quantitative estimate of drug-likeness (QED) is 0.675. The third kappa shape index (κ3) is 6.72. The van der Waals surface area contributed by atoms with Crippen molar-refractivity contribution < 1.29 is 4.74 Å². The molecule has 0 bridgehead atoms. The Morgan fingerprint density at radius 3 is 2.78 bits per heavy atom. The SMILES string of the molecule is COCCNCC1CCCN1CCCC(C)(C)C. The summed E-state index contributed by atoms with van der Waals surface area (Å²) in [5.41, 5.74) is 0.478. The molecule has 0 aliphatic carbocycles. The van der Waals surface area contributed by atoms with Crippen LogP contribution in [-0.4, -0.2) is 50.8 Å². The van der Waals surface area contributed by atoms with Crippen LogP contribution in [0.1, 0.15) is 46.5 Å². The molecule has 0 radical (unpaired) electrons. The highest BCUT2D eigenvalue weighted by molar-refractivity contribution is 4.81. The minimum Gasteiger partial charge on any atom is -0.383 e. The number of methoxy groups -OCH3 is 1. The standard InChI is InChI=1S/C15H32N2O/c1-15(2,3)8-6-11-17-10-5-7-14(17)13-16-9-12-18-4/h14,16H,5-13H2,1-4H3. The fourth-order valence-electron chi connectivity index (χ4n) is 2.68. The Morgan fingerprint density at radius 1 is 1.33 bits per heavy atom. The topological polar surface area (TPSA) is 24.5 Å². The number of rotatable bonds is 8. The molecule has 1 atom stereocenters. The minimum atomic E-state index is 0.478. The van der Waals surface area contributed by atoms with Gasteiger partial charge in [-0.1, -0.05) is 20.8 Å². The number of likely N-dealkylation sites (tertiary alicyclic amines) is 1. The second-order valence-electron chi connectivity index (χ2n) is 6.69. The maximum atomic E-state index is 5.06. The van der Waals surface area contributed by atoms with Crippen LogP contribution in [-0.2, 0) is 4.74 Å². The molecule has 3 heteroatoms. The number of nitrogens with one attached hydrogen (secondary N) is 1. The Balaban J connectivity index is 2.15. The summed E-state index contributed by atoms with van der Waals surface area (Å²) in [6.07, 6.45) is 5.38. The van der Waals surface area contributed by atoms with Gasteiger partial charge < -0.3 is 10.1 Å². The van der Waals surface area contributed by atoms with Crippen LogP contribution in [0.25, 0.3) is 0 Å². The molecule has 1 heterocycles. The number of nitrogens with zero attached hydrogens (tertiary/aromatic N) is 1. The molecule has 1 N–H and O–H groups in total. The average Bonchev–Trinajstić information content (AvgIpc) is 2.71. The highest BCUT2D eigenvalue weighted by Gasteiger charge is 2.23. The number of ether oxygens (including phenoxy) is 1. The van der Waals surface area contributed by atoms with Gasteiger partial charge in [-0.2, -0.15) is 0 Å². The monoisotopic (exact) mass is 256 g/mol. The Bertz CT molecular complexity index is 213. The molecule has 18 heavy (non-hydrogen) atoms. The van der Waals surface area contributed by atoms with Gasteiger partial charge in [0.1, 0.15) is 0 Å². The van der Waals surface area contributed by atoms with Crippen LogP contribution >= 0.6 is 0 Å². The van der Waals surface area contributed by atoms with E-state index in [4.69, 9.17) is 4.74 Å². The van der Waals surface area contributed by atoms with E-state index in [0.29, 0.717) is 5.41 Å². The summed E-state index contributed by atoms with van der Waals surface area (Å²) >= 11 is 0. The second kappa shape index (κ2) is 8.13. The van der Waals surface area contributed by atoms with Gasteiger partial charge in [-0.05, 0) is 44.2 Å². The normalized spacial score (nSPS) is 21.7. The molecule has 1 fully saturated rings. The molecule has 1 rings (SSSR count). The lowest BCUT2D eigenvalue weighted by Gasteiger charge is -2.26. The van der Waals surface area contributed by atoms with Crippen molar-refractivity contribution in [3.63, 3.8) is 0 Å². The van der Waals surface area contributed by atoms with E-state index >= 15 is 0 Å². The van der Waals surface area contributed by atoms with Crippen LogP contribution in [0.3, 0.4) is 0 Å². The molecule has 0 aromatic carbocycles. The van der Waals surface area contributed by atoms with Gasteiger partial charge in [-0.15, -0.1) is 0 Å². The van der Waals surface area contributed by atoms with Crippen LogP contribution in [0.4, 0.5) is 0 Å². The van der Waals surface area contributed by atoms with Gasteiger partial charge in [0, 0.05) is 26.2 Å². The summed E-state index contributed by atoms with van der Waals surface area (Å²) in [6, 6.07) is 0.752. The maximum absolute atomic E-state index is 5.06. The first-order valence-corrected chi connectivity index (χ1v) is 7.46. The van der Waals surface area contributed by atoms with Crippen molar-refractivity contribution in [2.45, 2.75) is 52.5 Å². The fraction of sp³-hybridized carbons (Fsp3) is 1.00. The minimum absolute atomic E-state index is 0.478. The predicted octanol–water partition coefficient (Wildman–Crippen LogP) is 2.51. The molecular weight excluding hydrogens is 224 g/mol. The van der Waals surface area contributed by atoms with Gasteiger partial charge in [-0.25, -0.2) is 0 Å². The van der Waals surface area contributed by atoms with Crippen LogP contribution in [0.15, 0.2) is 0 Å². The molecule has 0 saturated carbocycles. The van der Waals surface area contributed by atoms with Gasteiger partial charge in [0.2, 0.25) is 0 Å². The molecular formula is C15H32N2O. The molecule has 1 unspecified atom stereocenters. The van der Waals surface area contributed by atoms with E-state index < -0.39 is 0 Å². The summed E-state index contributed by atoms with van der Waals surface area (Å²) < 4.78 is 5.06. The number of hydrogen-bond acceptors (Lipinski definition) is 3. The molecule has 1 aliphatic rings. The Kier molecular flexibility index (Phi) is 7.20. The third-order valence-corrected chi connectivity index (χ3v) is 3.73. The smallest absolute Gasteiger partial charge is 0.0587 e. The lowest BCUT2D eigenvalue weighted by atomic mass is 9.90. The molecule has 1 saturated heterocycles. The van der Waals surface area contributed by atoms with Gasteiger partial charge in [0.25, 0.3) is 0 Å². The summed E-state index contributed by atoms with van der Waals surface area (Å²) in [4.78, 5) is 2.67. The van der Waals surface area contributed by atoms with Crippen LogP contribution in [0.5, 0.6) is 0 Å². The predicted molar refractivity (Wildman–Crippen MR) is 78.0 cm³/mol. The number of hydrogen-bond donors (Lipinski definition) is 1. The molecule has 0 aromatic heterocycles. The first kappa shape index (κ1) is 15.9. The van der Waals surface area contributed by atoms with E-state index in [9.17, 15) is 0 Å². The maximum Gasteiger partial charge on any atom is 0.0587 e. The highest BCUT2D eigenvalue weighted by Crippen LogP contribution is 2.23. The Labute approximate surface area is 113 Å². The lowest BCUT2D eigenvalue weighted by Crippen LogP contribution is -2.39. The third-order valence-electron chi connectivity index (χ3n) is 3.73. The van der Waals surface area contributed by atoms with Crippen LogP contribution in [0.2, 0.25) is 0 Å². The van der Waals surface area contributed by atoms with Crippen molar-refractivity contribution in [3.05, 3.63) is 0 Å². The Hall–Kier alpha value is -0.120. The van der Waals surface area contributed by atoms with Crippen molar-refractivity contribution >= 4 is 0 Å². The van der Waals surface area contributed by atoms with Gasteiger partial charge in [0.05, 0.1) is 6.61 Å². The molecule has 0 spiro atoms. The van der Waals surface area contributed by atoms with E-state index in [1.165, 1.54) is 38.8 Å². The van der Waals surface area contributed by atoms with E-state index in [1.54, 1.807) is 7.11 Å². The van der Waals surface area contributed by atoms with E-state index in [1.807, 2.05) is 0 Å². The average molecular weight is 256 g/mol. The summed E-state index contributed by atoms with van der Waals surface area (Å²) in [5.74, 6) is 0. The van der Waals surface area contributed by atoms with Gasteiger partial charge in [0.15, 0.2) is 0 Å². The van der Waals surface area contributed by atoms with E-state index in [0.717, 1.165) is 25.7 Å². The zero-order chi connectivity index (χ0) is 13.4. The lowest BCUT2D eigenvalue weighted by molar-refractivity contribution is 0.190. The second-order valence-corrected chi connectivity index (χ2v) is 6.69.